The molecule has 0 saturated carbocycles. The van der Waals surface area contributed by atoms with Crippen LogP contribution < -0.4 is 5.32 Å². The molecule has 16 heavy (non-hydrogen) atoms. The number of rotatable bonds is 4. The molecule has 1 aliphatic heterocycles. The Morgan fingerprint density at radius 3 is 3.00 bits per heavy atom. The largest absolute Gasteiger partial charge is 0.306 e. The lowest BCUT2D eigenvalue weighted by Crippen LogP contribution is -2.32. The van der Waals surface area contributed by atoms with Gasteiger partial charge in [-0.05, 0) is 33.9 Å². The predicted molar refractivity (Wildman–Crippen MR) is 63.1 cm³/mol. The summed E-state index contributed by atoms with van der Waals surface area (Å²) >= 11 is 0. The van der Waals surface area contributed by atoms with Crippen molar-refractivity contribution in [3.05, 3.63) is 12.2 Å². The maximum atomic E-state index is 4.29. The Balaban J connectivity index is 1.87. The fraction of sp³-hybridized carbons (Fsp3) is 0.818. The molecule has 1 aromatic heterocycles. The SMILES string of the molecule is CC(C)n1ncnc1CNC1CCN(C)C1. The summed E-state index contributed by atoms with van der Waals surface area (Å²) < 4.78 is 1.98. The van der Waals surface area contributed by atoms with Gasteiger partial charge in [0, 0.05) is 18.6 Å². The molecule has 0 bridgehead atoms. The Hall–Kier alpha value is -0.940. The van der Waals surface area contributed by atoms with E-state index in [1.807, 2.05) is 4.68 Å². The molecular formula is C11H21N5. The average Bonchev–Trinajstić information content (AvgIpc) is 2.83. The summed E-state index contributed by atoms with van der Waals surface area (Å²) in [5.74, 6) is 1.03. The topological polar surface area (TPSA) is 46.0 Å². The highest BCUT2D eigenvalue weighted by Gasteiger charge is 2.19. The van der Waals surface area contributed by atoms with Crippen LogP contribution in [0, 0.1) is 0 Å². The summed E-state index contributed by atoms with van der Waals surface area (Å²) in [5, 5.41) is 7.78. The molecule has 2 heterocycles. The monoisotopic (exact) mass is 223 g/mol. The molecule has 1 atom stereocenters. The lowest BCUT2D eigenvalue weighted by Gasteiger charge is -2.14. The summed E-state index contributed by atoms with van der Waals surface area (Å²) in [6.07, 6.45) is 2.87. The molecule has 0 radical (unpaired) electrons. The lowest BCUT2D eigenvalue weighted by atomic mass is 10.2. The van der Waals surface area contributed by atoms with Crippen LogP contribution in [-0.2, 0) is 6.54 Å². The Morgan fingerprint density at radius 1 is 1.56 bits per heavy atom. The van der Waals surface area contributed by atoms with Gasteiger partial charge in [-0.1, -0.05) is 0 Å². The standard InChI is InChI=1S/C11H21N5/c1-9(2)16-11(13-8-14-16)6-12-10-4-5-15(3)7-10/h8-10,12H,4-7H2,1-3H3. The van der Waals surface area contributed by atoms with Crippen LogP contribution in [0.3, 0.4) is 0 Å². The van der Waals surface area contributed by atoms with Crippen LogP contribution in [0.1, 0.15) is 32.1 Å². The van der Waals surface area contributed by atoms with Crippen molar-refractivity contribution >= 4 is 0 Å². The van der Waals surface area contributed by atoms with Crippen LogP contribution in [0.5, 0.6) is 0 Å². The highest BCUT2D eigenvalue weighted by Crippen LogP contribution is 2.08. The van der Waals surface area contributed by atoms with Crippen LogP contribution in [0.2, 0.25) is 0 Å². The fourth-order valence-electron chi connectivity index (χ4n) is 2.17. The third kappa shape index (κ3) is 2.59. The van der Waals surface area contributed by atoms with Gasteiger partial charge >= 0.3 is 0 Å². The van der Waals surface area contributed by atoms with Gasteiger partial charge < -0.3 is 10.2 Å². The molecule has 2 rings (SSSR count). The molecule has 0 aromatic carbocycles. The number of likely N-dealkylation sites (tertiary alicyclic amines) is 1. The molecule has 1 N–H and O–H groups in total. The second-order valence-electron chi connectivity index (χ2n) is 4.84. The number of hydrogen-bond donors (Lipinski definition) is 1. The van der Waals surface area contributed by atoms with Crippen LogP contribution in [0.15, 0.2) is 6.33 Å². The molecule has 0 amide bonds. The fourth-order valence-corrected chi connectivity index (χ4v) is 2.17. The van der Waals surface area contributed by atoms with Gasteiger partial charge in [0.2, 0.25) is 0 Å². The molecule has 5 heteroatoms. The minimum absolute atomic E-state index is 0.380. The normalized spacial score (nSPS) is 22.1. The van der Waals surface area contributed by atoms with E-state index in [1.165, 1.54) is 13.0 Å². The maximum Gasteiger partial charge on any atom is 0.141 e. The molecule has 90 valence electrons. The summed E-state index contributed by atoms with van der Waals surface area (Å²) in [6.45, 7) is 7.39. The second kappa shape index (κ2) is 4.93. The van der Waals surface area contributed by atoms with Gasteiger partial charge in [-0.3, -0.25) is 0 Å². The third-order valence-electron chi connectivity index (χ3n) is 3.08. The average molecular weight is 223 g/mol. The molecule has 1 fully saturated rings. The molecule has 1 saturated heterocycles. The maximum absolute atomic E-state index is 4.29. The van der Waals surface area contributed by atoms with E-state index in [0.29, 0.717) is 12.1 Å². The first kappa shape index (κ1) is 11.5. The first-order valence-electron chi connectivity index (χ1n) is 5.97. The second-order valence-corrected chi connectivity index (χ2v) is 4.84. The number of nitrogens with one attached hydrogen (secondary N) is 1. The van der Waals surface area contributed by atoms with Crippen LogP contribution >= 0.6 is 0 Å². The van der Waals surface area contributed by atoms with Gasteiger partial charge in [0.05, 0.1) is 6.54 Å². The van der Waals surface area contributed by atoms with E-state index >= 15 is 0 Å². The lowest BCUT2D eigenvalue weighted by molar-refractivity contribution is 0.393. The minimum Gasteiger partial charge on any atom is -0.306 e. The van der Waals surface area contributed by atoms with Gasteiger partial charge in [-0.25, -0.2) is 9.67 Å². The van der Waals surface area contributed by atoms with Crippen molar-refractivity contribution in [3.8, 4) is 0 Å². The third-order valence-corrected chi connectivity index (χ3v) is 3.08. The molecule has 1 aromatic rings. The summed E-state index contributed by atoms with van der Waals surface area (Å²) in [7, 11) is 2.16. The summed E-state index contributed by atoms with van der Waals surface area (Å²) in [6, 6.07) is 0.980. The molecule has 1 aliphatic rings. The number of hydrogen-bond acceptors (Lipinski definition) is 4. The molecule has 0 aliphatic carbocycles. The summed E-state index contributed by atoms with van der Waals surface area (Å²) in [4.78, 5) is 6.65. The predicted octanol–water partition coefficient (Wildman–Crippen LogP) is 0.653. The first-order chi connectivity index (χ1) is 7.66. The van der Waals surface area contributed by atoms with Gasteiger partial charge in [0.1, 0.15) is 12.2 Å². The van der Waals surface area contributed by atoms with Crippen molar-refractivity contribution in [1.82, 2.24) is 25.0 Å². The van der Waals surface area contributed by atoms with E-state index in [9.17, 15) is 0 Å². The zero-order chi connectivity index (χ0) is 11.5. The van der Waals surface area contributed by atoms with Crippen LogP contribution in [0.4, 0.5) is 0 Å². The van der Waals surface area contributed by atoms with Crippen molar-refractivity contribution in [2.45, 2.75) is 38.9 Å². The number of likely N-dealkylation sites (N-methyl/N-ethyl adjacent to an activating group) is 1. The number of aromatic nitrogens is 3. The highest BCUT2D eigenvalue weighted by atomic mass is 15.4. The highest BCUT2D eigenvalue weighted by molar-refractivity contribution is 4.88. The van der Waals surface area contributed by atoms with Gasteiger partial charge in [0.15, 0.2) is 0 Å². The van der Waals surface area contributed by atoms with E-state index in [1.54, 1.807) is 6.33 Å². The molecular weight excluding hydrogens is 202 g/mol. The van der Waals surface area contributed by atoms with Crippen molar-refractivity contribution in [1.29, 1.82) is 0 Å². The smallest absolute Gasteiger partial charge is 0.141 e. The van der Waals surface area contributed by atoms with Crippen LogP contribution in [0.25, 0.3) is 0 Å². The van der Waals surface area contributed by atoms with E-state index in [0.717, 1.165) is 18.9 Å². The van der Waals surface area contributed by atoms with Gasteiger partial charge in [-0.15, -0.1) is 0 Å². The Labute approximate surface area is 96.8 Å². The van der Waals surface area contributed by atoms with Crippen LogP contribution in [-0.4, -0.2) is 45.8 Å². The Morgan fingerprint density at radius 2 is 2.38 bits per heavy atom. The van der Waals surface area contributed by atoms with Crippen molar-refractivity contribution < 1.29 is 0 Å². The zero-order valence-electron chi connectivity index (χ0n) is 10.3. The van der Waals surface area contributed by atoms with E-state index in [2.05, 4.69) is 41.2 Å². The van der Waals surface area contributed by atoms with Crippen molar-refractivity contribution in [2.24, 2.45) is 0 Å². The van der Waals surface area contributed by atoms with Crippen molar-refractivity contribution in [3.63, 3.8) is 0 Å². The van der Waals surface area contributed by atoms with Crippen molar-refractivity contribution in [2.75, 3.05) is 20.1 Å². The minimum atomic E-state index is 0.380. The van der Waals surface area contributed by atoms with Gasteiger partial charge in [-0.2, -0.15) is 5.10 Å². The van der Waals surface area contributed by atoms with Gasteiger partial charge in [0.25, 0.3) is 0 Å². The Kier molecular flexibility index (Phi) is 3.56. The molecule has 0 spiro atoms. The zero-order valence-corrected chi connectivity index (χ0v) is 10.3. The Bertz CT molecular complexity index is 333. The first-order valence-corrected chi connectivity index (χ1v) is 5.97. The van der Waals surface area contributed by atoms with E-state index < -0.39 is 0 Å². The molecule has 1 unspecified atom stereocenters. The number of nitrogens with zero attached hydrogens (tertiary/aromatic N) is 4. The molecule has 5 nitrogen and oxygen atoms in total. The van der Waals surface area contributed by atoms with E-state index in [4.69, 9.17) is 0 Å². The summed E-state index contributed by atoms with van der Waals surface area (Å²) in [5.41, 5.74) is 0. The quantitative estimate of drug-likeness (QED) is 0.814. The van der Waals surface area contributed by atoms with E-state index in [-0.39, 0.29) is 0 Å².